The van der Waals surface area contributed by atoms with Crippen molar-refractivity contribution in [1.82, 2.24) is 24.9 Å². The van der Waals surface area contributed by atoms with E-state index in [0.29, 0.717) is 45.4 Å². The lowest BCUT2D eigenvalue weighted by atomic mass is 10.1. The van der Waals surface area contributed by atoms with E-state index in [1.165, 1.54) is 67.1 Å². The minimum absolute atomic E-state index is 0.0673. The average Bonchev–Trinajstić information content (AvgIpc) is 1.70. The first kappa shape index (κ1) is 112. The molecule has 0 saturated carbocycles. The van der Waals surface area contributed by atoms with Crippen LogP contribution in [0.25, 0.3) is 52.9 Å². The maximum atomic E-state index is 11.5. The minimum Gasteiger partial charge on any atom is -0.508 e. The summed E-state index contributed by atoms with van der Waals surface area (Å²) in [5.74, 6) is 2.81. The van der Waals surface area contributed by atoms with Gasteiger partial charge in [0, 0.05) is 74.2 Å². The van der Waals surface area contributed by atoms with Crippen molar-refractivity contribution in [2.45, 2.75) is 143 Å². The van der Waals surface area contributed by atoms with Crippen LogP contribution in [-0.4, -0.2) is 105 Å². The number of alkyl halides is 1. The number of aliphatic imine (C=N–C) groups is 1. The topological polar surface area (TPSA) is 292 Å². The summed E-state index contributed by atoms with van der Waals surface area (Å²) in [6.07, 6.45) is 0. The Morgan fingerprint density at radius 2 is 0.799 bits per heavy atom. The van der Waals surface area contributed by atoms with Gasteiger partial charge in [0.15, 0.2) is 13.2 Å². The number of aliphatic hydroxyl groups is 1. The molecule has 0 unspecified atom stereocenters. The number of aromatic hydroxyl groups is 3. The lowest BCUT2D eigenvalue weighted by molar-refractivity contribution is -0.145. The lowest BCUT2D eigenvalue weighted by Gasteiger charge is -2.06. The monoisotopic (exact) mass is 2070 g/mol. The highest BCUT2D eigenvalue weighted by Crippen LogP contribution is 2.38. The van der Waals surface area contributed by atoms with Crippen molar-refractivity contribution in [2.75, 3.05) is 26.9 Å². The molecule has 0 amide bonds. The number of thiol groups is 1. The van der Waals surface area contributed by atoms with E-state index in [1.807, 2.05) is 165 Å². The van der Waals surface area contributed by atoms with E-state index in [-0.39, 0.29) is 37.5 Å². The number of carbonyl (C=O) groups is 3. The van der Waals surface area contributed by atoms with Crippen LogP contribution < -0.4 is 15.2 Å². The van der Waals surface area contributed by atoms with Crippen molar-refractivity contribution >= 4 is 163 Å². The smallest absolute Gasteiger partial charge is 0.349 e. The number of hydrogen-bond donors (Lipinski definition) is 7. The van der Waals surface area contributed by atoms with Crippen LogP contribution in [0, 0.1) is 96.9 Å². The van der Waals surface area contributed by atoms with E-state index in [1.54, 1.807) is 131 Å². The van der Waals surface area contributed by atoms with E-state index in [0.717, 1.165) is 140 Å². The maximum absolute atomic E-state index is 11.5. The number of aliphatic carboxylic acids is 1. The number of carbonyl (C=O) groups excluding carboxylic acids is 2. The first-order valence-electron chi connectivity index (χ1n) is 43.5. The van der Waals surface area contributed by atoms with Crippen molar-refractivity contribution < 1.29 is 58.9 Å². The summed E-state index contributed by atoms with van der Waals surface area (Å²) in [4.78, 5) is 68.7. The number of aryl methyl sites for hydroxylation is 14. The molecular formula is C109H112ClN7O12S10. The maximum Gasteiger partial charge on any atom is 0.349 e. The number of phenolic OH excluding ortho intramolecular Hbond substituents is 3. The molecule has 5 heterocycles. The third-order valence-electron chi connectivity index (χ3n) is 19.9. The number of benzene rings is 11. The number of carboxylic acid groups (broad SMARTS) is 1. The fourth-order valence-electron chi connectivity index (χ4n) is 11.8. The number of nitrogens with two attached hydrogens (primary N) is 1. The molecule has 0 atom stereocenters. The molecule has 0 aliphatic heterocycles. The molecule has 0 aliphatic rings. The Morgan fingerprint density at radius 1 is 0.446 bits per heavy atom. The second-order valence-corrected chi connectivity index (χ2v) is 40.0. The van der Waals surface area contributed by atoms with Crippen molar-refractivity contribution in [2.24, 2.45) is 10.7 Å². The summed E-state index contributed by atoms with van der Waals surface area (Å²) >= 11 is 30.7. The number of nitrogens with zero attached hydrogens (tertiary/aromatic N) is 6. The van der Waals surface area contributed by atoms with E-state index in [9.17, 15) is 14.4 Å². The number of methoxy groups -OCH3 is 1. The van der Waals surface area contributed by atoms with Crippen LogP contribution in [0.15, 0.2) is 274 Å². The number of thiocarbonyl (C=S) groups is 2. The van der Waals surface area contributed by atoms with Crippen LogP contribution >= 0.6 is 129 Å². The van der Waals surface area contributed by atoms with Gasteiger partial charge in [0.1, 0.15) is 63.7 Å². The minimum atomic E-state index is -0.978. The molecule has 139 heavy (non-hydrogen) atoms. The lowest BCUT2D eigenvalue weighted by Crippen LogP contribution is -2.14. The summed E-state index contributed by atoms with van der Waals surface area (Å²) in [5.41, 5.74) is 27.5. The number of isothiocyanates is 1. The molecule has 0 radical (unpaired) electrons. The summed E-state index contributed by atoms with van der Waals surface area (Å²) in [5, 5.41) is 52.0. The number of thiazole rings is 5. The SMILES string of the molecule is CCOC(=O)COc1ccc(SCc2sc(-c3ccc(C)cc3)nc2C)cc1.COC(=O)c1sc(-c2ccc(C)cc2)nc1C.Cc1cc(N=C=S)ccc1O.Cc1cc(S)ccc1O.Cc1ccc(-c2nc(C)c(CCl)s2)cc1.Cc1ccc(-c2nc(C)c(CO)s2)cc1.Cc1ccc(-c2nc(C)c(CSc3ccc(OCC(=O)O)cc3)s2)cc1.Cc1ccc(C(N)=S)cc1.Cc1ccccc1O. The van der Waals surface area contributed by atoms with Crippen molar-refractivity contribution in [1.29, 1.82) is 0 Å². The van der Waals surface area contributed by atoms with Gasteiger partial charge in [-0.05, 0) is 224 Å². The summed E-state index contributed by atoms with van der Waals surface area (Å²) in [6.45, 7) is 29.6. The highest BCUT2D eigenvalue weighted by Gasteiger charge is 2.19. The fraction of sp³-hybridized carbons (Fsp3) is 0.211. The number of aromatic nitrogens is 5. The first-order valence-corrected chi connectivity index (χ1v) is 51.4. The van der Waals surface area contributed by atoms with Crippen LogP contribution in [0.2, 0.25) is 0 Å². The molecule has 30 heteroatoms. The van der Waals surface area contributed by atoms with Gasteiger partial charge in [-0.2, -0.15) is 4.99 Å². The van der Waals surface area contributed by atoms with E-state index >= 15 is 0 Å². The number of rotatable bonds is 23. The number of hydrogen-bond acceptors (Lipinski definition) is 27. The summed E-state index contributed by atoms with van der Waals surface area (Å²) < 4.78 is 20.1. The zero-order chi connectivity index (χ0) is 101. The zero-order valence-electron chi connectivity index (χ0n) is 80.1. The zero-order valence-corrected chi connectivity index (χ0v) is 89.1. The first-order chi connectivity index (χ1) is 66.5. The summed E-state index contributed by atoms with van der Waals surface area (Å²) in [7, 11) is 1.38. The van der Waals surface area contributed by atoms with Gasteiger partial charge in [0.05, 0.1) is 70.4 Å². The molecule has 19 nitrogen and oxygen atoms in total. The molecule has 722 valence electrons. The average molecular weight is 2070 g/mol. The highest BCUT2D eigenvalue weighted by molar-refractivity contribution is 7.99. The Hall–Kier alpha value is -12.0. The third kappa shape index (κ3) is 38.3. The second kappa shape index (κ2) is 58.1. The summed E-state index contributed by atoms with van der Waals surface area (Å²) in [6, 6.07) is 82.2. The number of phenols is 3. The molecule has 7 N–H and O–H groups in total. The van der Waals surface area contributed by atoms with Gasteiger partial charge in [-0.15, -0.1) is 104 Å². The normalized spacial score (nSPS) is 10.2. The number of halogens is 1. The van der Waals surface area contributed by atoms with Crippen LogP contribution in [0.1, 0.15) is 120 Å². The number of carboxylic acids is 1. The van der Waals surface area contributed by atoms with Crippen LogP contribution in [0.4, 0.5) is 5.69 Å². The Kier molecular flexibility index (Phi) is 46.9. The van der Waals surface area contributed by atoms with Crippen molar-refractivity contribution in [3.05, 3.63) is 363 Å². The Balaban J connectivity index is 0.000000197. The quantitative estimate of drug-likeness (QED) is 0.00782. The van der Waals surface area contributed by atoms with E-state index in [4.69, 9.17) is 84.0 Å². The van der Waals surface area contributed by atoms with Gasteiger partial charge >= 0.3 is 17.9 Å². The number of aliphatic hydroxyl groups excluding tert-OH is 1. The molecule has 0 saturated heterocycles. The molecule has 16 aromatic rings. The number of esters is 2. The number of thioether (sulfide) groups is 2. The van der Waals surface area contributed by atoms with Crippen LogP contribution in [0.3, 0.4) is 0 Å². The Labute approximate surface area is 863 Å². The predicted molar refractivity (Wildman–Crippen MR) is 587 cm³/mol. The fourth-order valence-corrected chi connectivity index (χ4v) is 19.7. The van der Waals surface area contributed by atoms with Gasteiger partial charge < -0.3 is 50.2 Å². The third-order valence-corrected chi connectivity index (χ3v) is 29.4. The standard InChI is InChI=1S/C22H23NO3S2.C20H19NO3S2.C13H13NO2S.C12H12ClNS.C12H13NOS.C8H7NOS.C8H9NS.C7H8OS.C7H8O/c1-4-25-21(24)13-26-18-9-11-19(12-10-18)27-14-20-16(3)23-22(28-20)17-7-5-15(2)6-8-17;1-13-3-5-15(6-4-13)20-21-14(2)18(26-20)12-25-17-9-7-16(8-10-17)24-11-19(22)23;1-8-4-6-10(7-5-8)12-14-9(2)11(17-12)13(15)16-3;1-8-3-5-10(6-4-8)12-14-9(2)11(7-13)15-12;1-8-3-5-10(6-4-8)12-13-9(2)11(7-14)15-12;1-6-4-7(9-5-11)2-3-8(6)10;1-6-2-4-7(5-3-6)8(9)10;1-5-4-6(9)2-3-7(5)8;1-6-4-2-3-5-7(6)8/h5-12H,4,13-14H2,1-3H3;3-10H,11-12H2,1-2H3,(H,22,23);4-7H,1-3H3;3-6H,7H2,1-2H3;3-6,14H,7H2,1-2H3;2-4,10H,1H3;2-5H,1H3,(H2,9,10);2-4,8-9H,1H3;2-5,8H,1H3. The van der Waals surface area contributed by atoms with Gasteiger partial charge in [-0.1, -0.05) is 209 Å². The largest absolute Gasteiger partial charge is 0.508 e. The Morgan fingerprint density at radius 3 is 1.13 bits per heavy atom. The van der Waals surface area contributed by atoms with Crippen LogP contribution in [-0.2, 0) is 43.1 Å². The van der Waals surface area contributed by atoms with Gasteiger partial charge in [0.25, 0.3) is 0 Å². The molecule has 0 fully saturated rings. The Bertz CT molecular complexity index is 6550. The van der Waals surface area contributed by atoms with Gasteiger partial charge in [-0.3, -0.25) is 0 Å². The number of ether oxygens (including phenoxy) is 4. The molecule has 0 aliphatic carbocycles. The predicted octanol–water partition coefficient (Wildman–Crippen LogP) is 28.9. The van der Waals surface area contributed by atoms with Gasteiger partial charge in [-0.25, -0.2) is 39.3 Å². The van der Waals surface area contributed by atoms with E-state index in [2.05, 4.69) is 182 Å². The van der Waals surface area contributed by atoms with Crippen LogP contribution in [0.5, 0.6) is 28.7 Å². The molecule has 0 bridgehead atoms. The van der Waals surface area contributed by atoms with Crippen molar-refractivity contribution in [3.63, 3.8) is 0 Å². The number of para-hydroxylation sites is 1. The molecule has 11 aromatic carbocycles. The molecule has 0 spiro atoms. The molecule has 5 aromatic heterocycles. The molecule has 16 rings (SSSR count). The van der Waals surface area contributed by atoms with Crippen molar-refractivity contribution in [3.8, 4) is 81.6 Å². The highest BCUT2D eigenvalue weighted by atomic mass is 35.5. The van der Waals surface area contributed by atoms with Gasteiger partial charge in [0.2, 0.25) is 0 Å². The second-order valence-electron chi connectivity index (χ2n) is 31.1. The van der Waals surface area contributed by atoms with E-state index < -0.39 is 5.97 Å². The molecular weight excluding hydrogens is 1960 g/mol.